The van der Waals surface area contributed by atoms with E-state index in [2.05, 4.69) is 6.92 Å². The maximum atomic E-state index is 9.56. The molecule has 6 heteroatoms. The van der Waals surface area contributed by atoms with Gasteiger partial charge in [0.25, 0.3) is 10.1 Å². The van der Waals surface area contributed by atoms with E-state index in [0.29, 0.717) is 0 Å². The lowest BCUT2D eigenvalue weighted by atomic mass is 10.0. The molecule has 0 unspecified atom stereocenters. The van der Waals surface area contributed by atoms with Gasteiger partial charge in [0, 0.05) is 0 Å². The van der Waals surface area contributed by atoms with Crippen LogP contribution in [0.1, 0.15) is 117 Å². The molecule has 0 aromatic carbocycles. The summed E-state index contributed by atoms with van der Waals surface area (Å²) < 4.78 is 26.9. The van der Waals surface area contributed by atoms with Crippen molar-refractivity contribution in [3.63, 3.8) is 0 Å². The molecule has 0 aliphatic rings. The van der Waals surface area contributed by atoms with Crippen molar-refractivity contribution in [1.82, 2.24) is 4.90 Å². The third kappa shape index (κ3) is 52.4. The van der Waals surface area contributed by atoms with Crippen molar-refractivity contribution in [2.75, 3.05) is 33.4 Å². The van der Waals surface area contributed by atoms with Crippen molar-refractivity contribution in [1.29, 1.82) is 0 Å². The highest BCUT2D eigenvalue weighted by Gasteiger charge is 1.94. The second-order valence-electron chi connectivity index (χ2n) is 8.30. The normalized spacial score (nSPS) is 10.9. The molecular formula is C23H54N2O3S. The Bertz CT molecular complexity index is 356. The van der Waals surface area contributed by atoms with Gasteiger partial charge in [-0.2, -0.15) is 8.42 Å². The zero-order chi connectivity index (χ0) is 22.8. The Hall–Kier alpha value is -0.170. The molecule has 29 heavy (non-hydrogen) atoms. The van der Waals surface area contributed by atoms with Gasteiger partial charge in [-0.3, -0.25) is 4.55 Å². The standard InChI is InChI=1S/C18H39N.C3H9N.C2H6O3S/c1-2-3-4-5-6-7-8-9-10-11-12-13-14-15-16-17-18-19;1-4(2)3;1-2-6(3,4)5/h2-19H2,1H3;1-3H3;2H2,1H3,(H,3,4,5). The highest BCUT2D eigenvalue weighted by atomic mass is 32.2. The quantitative estimate of drug-likeness (QED) is 0.206. The van der Waals surface area contributed by atoms with Crippen LogP contribution in [-0.2, 0) is 10.1 Å². The van der Waals surface area contributed by atoms with Gasteiger partial charge in [0.1, 0.15) is 0 Å². The topological polar surface area (TPSA) is 83.6 Å². The Balaban J connectivity index is -0.000000556. The van der Waals surface area contributed by atoms with Crippen LogP contribution in [0, 0.1) is 0 Å². The smallest absolute Gasteiger partial charge is 0.264 e. The van der Waals surface area contributed by atoms with Gasteiger partial charge in [0.05, 0.1) is 5.75 Å². The van der Waals surface area contributed by atoms with Gasteiger partial charge in [-0.05, 0) is 41.0 Å². The van der Waals surface area contributed by atoms with E-state index in [0.717, 1.165) is 6.54 Å². The summed E-state index contributed by atoms with van der Waals surface area (Å²) in [6.45, 7) is 4.53. The van der Waals surface area contributed by atoms with Crippen molar-refractivity contribution in [3.8, 4) is 0 Å². The largest absolute Gasteiger partial charge is 0.330 e. The Morgan fingerprint density at radius 1 is 0.621 bits per heavy atom. The molecule has 0 radical (unpaired) electrons. The molecular weight excluding hydrogens is 384 g/mol. The van der Waals surface area contributed by atoms with Gasteiger partial charge >= 0.3 is 0 Å². The molecule has 0 heterocycles. The van der Waals surface area contributed by atoms with Crippen molar-refractivity contribution in [2.24, 2.45) is 5.73 Å². The first kappa shape index (κ1) is 33.5. The van der Waals surface area contributed by atoms with Gasteiger partial charge in [-0.25, -0.2) is 0 Å². The average Bonchev–Trinajstić information content (AvgIpc) is 2.64. The van der Waals surface area contributed by atoms with Gasteiger partial charge in [-0.15, -0.1) is 0 Å². The highest BCUT2D eigenvalue weighted by Crippen LogP contribution is 2.13. The maximum Gasteiger partial charge on any atom is 0.264 e. The van der Waals surface area contributed by atoms with Crippen LogP contribution in [0.25, 0.3) is 0 Å². The molecule has 0 saturated heterocycles. The van der Waals surface area contributed by atoms with Crippen molar-refractivity contribution in [2.45, 2.75) is 117 Å². The van der Waals surface area contributed by atoms with E-state index in [-0.39, 0.29) is 5.75 Å². The molecule has 0 aromatic rings. The molecule has 0 amide bonds. The average molecular weight is 439 g/mol. The first-order valence-corrected chi connectivity index (χ1v) is 13.6. The number of rotatable bonds is 17. The van der Waals surface area contributed by atoms with E-state index in [4.69, 9.17) is 10.3 Å². The summed E-state index contributed by atoms with van der Waals surface area (Å²) in [6.07, 6.45) is 22.9. The van der Waals surface area contributed by atoms with Gasteiger partial charge in [0.2, 0.25) is 0 Å². The molecule has 0 aliphatic carbocycles. The van der Waals surface area contributed by atoms with Gasteiger partial charge in [0.15, 0.2) is 0 Å². The van der Waals surface area contributed by atoms with E-state index in [9.17, 15) is 8.42 Å². The summed E-state index contributed by atoms with van der Waals surface area (Å²) in [5.41, 5.74) is 5.48. The number of hydrogen-bond donors (Lipinski definition) is 2. The minimum Gasteiger partial charge on any atom is -0.330 e. The van der Waals surface area contributed by atoms with Crippen LogP contribution in [0.2, 0.25) is 0 Å². The molecule has 0 fully saturated rings. The zero-order valence-electron chi connectivity index (χ0n) is 20.4. The molecule has 0 rings (SSSR count). The van der Waals surface area contributed by atoms with Crippen LogP contribution in [-0.4, -0.2) is 51.3 Å². The Morgan fingerprint density at radius 3 is 1.00 bits per heavy atom. The first-order chi connectivity index (χ1) is 13.7. The predicted octanol–water partition coefficient (Wildman–Crippen LogP) is 6.28. The van der Waals surface area contributed by atoms with E-state index >= 15 is 0 Å². The van der Waals surface area contributed by atoms with Crippen LogP contribution in [0.5, 0.6) is 0 Å². The first-order valence-electron chi connectivity index (χ1n) is 12.0. The summed E-state index contributed by atoms with van der Waals surface area (Å²) in [4.78, 5) is 2.00. The lowest BCUT2D eigenvalue weighted by Gasteiger charge is -2.03. The fourth-order valence-electron chi connectivity index (χ4n) is 2.69. The van der Waals surface area contributed by atoms with E-state index < -0.39 is 10.1 Å². The summed E-state index contributed by atoms with van der Waals surface area (Å²) in [6, 6.07) is 0. The lowest BCUT2D eigenvalue weighted by molar-refractivity contribution is 0.484. The third-order valence-corrected chi connectivity index (χ3v) is 5.15. The predicted molar refractivity (Wildman–Crippen MR) is 130 cm³/mol. The molecule has 0 spiro atoms. The summed E-state index contributed by atoms with van der Waals surface area (Å²) in [7, 11) is 2.34. The second kappa shape index (κ2) is 27.8. The zero-order valence-corrected chi connectivity index (χ0v) is 21.2. The molecule has 3 N–H and O–H groups in total. The van der Waals surface area contributed by atoms with Gasteiger partial charge < -0.3 is 10.6 Å². The molecule has 180 valence electrons. The fourth-order valence-corrected chi connectivity index (χ4v) is 2.69. The lowest BCUT2D eigenvalue weighted by Crippen LogP contribution is -1.99. The van der Waals surface area contributed by atoms with Crippen molar-refractivity contribution in [3.05, 3.63) is 0 Å². The van der Waals surface area contributed by atoms with Crippen LogP contribution in [0.15, 0.2) is 0 Å². The van der Waals surface area contributed by atoms with Crippen LogP contribution < -0.4 is 5.73 Å². The van der Waals surface area contributed by atoms with Crippen LogP contribution >= 0.6 is 0 Å². The molecule has 0 saturated carbocycles. The second-order valence-corrected chi connectivity index (χ2v) is 10.0. The summed E-state index contributed by atoms with van der Waals surface area (Å²) >= 11 is 0. The Labute approximate surface area is 184 Å². The van der Waals surface area contributed by atoms with Crippen molar-refractivity contribution < 1.29 is 13.0 Å². The maximum absolute atomic E-state index is 9.56. The number of unbranched alkanes of at least 4 members (excludes halogenated alkanes) is 15. The third-order valence-electron chi connectivity index (χ3n) is 4.42. The Kier molecular flexibility index (Phi) is 32.1. The molecule has 0 aromatic heterocycles. The van der Waals surface area contributed by atoms with Crippen LogP contribution in [0.4, 0.5) is 0 Å². The van der Waals surface area contributed by atoms with E-state index in [1.807, 2.05) is 26.0 Å². The van der Waals surface area contributed by atoms with Crippen molar-refractivity contribution >= 4 is 10.1 Å². The Morgan fingerprint density at radius 2 is 0.828 bits per heavy atom. The number of nitrogens with zero attached hydrogens (tertiary/aromatic N) is 1. The molecule has 5 nitrogen and oxygen atoms in total. The minimum atomic E-state index is -3.66. The number of hydrogen-bond acceptors (Lipinski definition) is 4. The number of nitrogens with two attached hydrogens (primary N) is 1. The SMILES string of the molecule is CCCCCCCCCCCCCCCCCCN.CCS(=O)(=O)O.CN(C)C. The minimum absolute atomic E-state index is 0.201. The summed E-state index contributed by atoms with van der Waals surface area (Å²) in [5.74, 6) is -0.201. The highest BCUT2D eigenvalue weighted by molar-refractivity contribution is 7.85. The monoisotopic (exact) mass is 438 g/mol. The molecule has 0 atom stereocenters. The van der Waals surface area contributed by atoms with Crippen LogP contribution in [0.3, 0.4) is 0 Å². The van der Waals surface area contributed by atoms with Gasteiger partial charge in [-0.1, -0.05) is 103 Å². The summed E-state index contributed by atoms with van der Waals surface area (Å²) in [5, 5.41) is 0. The van der Waals surface area contributed by atoms with E-state index in [1.54, 1.807) is 0 Å². The molecule has 0 aliphatic heterocycles. The van der Waals surface area contributed by atoms with E-state index in [1.165, 1.54) is 110 Å². The molecule has 0 bridgehead atoms. The fraction of sp³-hybridized carbons (Fsp3) is 1.00.